The first-order chi connectivity index (χ1) is 17.7. The number of aliphatic hydroxyl groups is 1. The number of aryl methyl sites for hydroxylation is 2. The van der Waals surface area contributed by atoms with Crippen LogP contribution in [0.2, 0.25) is 0 Å². The van der Waals surface area contributed by atoms with Crippen LogP contribution in [0.15, 0.2) is 48.8 Å². The molecule has 0 bridgehead atoms. The lowest BCUT2D eigenvalue weighted by Crippen LogP contribution is -2.28. The lowest BCUT2D eigenvalue weighted by atomic mass is 10.2. The molecule has 0 spiro atoms. The Balaban J connectivity index is 1.83. The molecule has 0 aliphatic rings. The van der Waals surface area contributed by atoms with Gasteiger partial charge in [0.05, 0.1) is 37.1 Å². The Morgan fingerprint density at radius 1 is 0.946 bits per heavy atom. The highest BCUT2D eigenvalue weighted by atomic mass is 32.2. The van der Waals surface area contributed by atoms with Crippen LogP contribution in [0.4, 0.5) is 0 Å². The van der Waals surface area contributed by atoms with Crippen molar-refractivity contribution in [3.63, 3.8) is 0 Å². The number of ether oxygens (including phenoxy) is 2. The first-order valence-corrected chi connectivity index (χ1v) is 13.2. The topological polar surface area (TPSA) is 142 Å². The normalized spacial score (nSPS) is 13.2. The second-order valence-corrected chi connectivity index (χ2v) is 10.8. The molecular weight excluding hydrogens is 496 g/mol. The molecule has 0 radical (unpaired) electrons. The number of hydrogen-bond donors (Lipinski definition) is 1. The molecule has 194 valence electrons. The standard InChI is InChI=1S/C25H28N6O5S/c1-15-8-6-9-18(28-15)25-30-29-22(31(25)23-20(35-4)10-7-11-21(23)36-5)14-37(33,34)17(3)24(32)19-13-26-16(2)12-27-19/h6-13,17,24,32H,14H2,1-5H3/t17-,24-/m0/s1. The fourth-order valence-corrected chi connectivity index (χ4v) is 5.18. The number of methoxy groups -OCH3 is 2. The largest absolute Gasteiger partial charge is 0.494 e. The van der Waals surface area contributed by atoms with Crippen LogP contribution in [-0.2, 0) is 15.6 Å². The number of sulfone groups is 1. The Bertz CT molecular complexity index is 1480. The molecule has 0 unspecified atom stereocenters. The van der Waals surface area contributed by atoms with Gasteiger partial charge in [0.2, 0.25) is 0 Å². The zero-order chi connectivity index (χ0) is 26.7. The highest BCUT2D eigenvalue weighted by molar-refractivity contribution is 7.91. The molecule has 0 fully saturated rings. The molecule has 11 nitrogen and oxygen atoms in total. The molecule has 4 rings (SSSR count). The fraction of sp³-hybridized carbons (Fsp3) is 0.320. The molecule has 3 aromatic heterocycles. The SMILES string of the molecule is COc1cccc(OC)c1-n1c(CS(=O)(=O)[C@@H](C)[C@H](O)c2cnc(C)cn2)nnc1-c1cccc(C)n1. The average Bonchev–Trinajstić information content (AvgIpc) is 3.29. The predicted molar refractivity (Wildman–Crippen MR) is 136 cm³/mol. The maximum atomic E-state index is 13.5. The molecular formula is C25H28N6O5S. The molecule has 37 heavy (non-hydrogen) atoms. The molecule has 1 N–H and O–H groups in total. The van der Waals surface area contributed by atoms with Gasteiger partial charge in [-0.05, 0) is 45.0 Å². The van der Waals surface area contributed by atoms with Crippen molar-refractivity contribution < 1.29 is 23.0 Å². The monoisotopic (exact) mass is 524 g/mol. The Labute approximate surface area is 215 Å². The van der Waals surface area contributed by atoms with Crippen molar-refractivity contribution >= 4 is 9.84 Å². The van der Waals surface area contributed by atoms with Gasteiger partial charge in [-0.15, -0.1) is 10.2 Å². The van der Waals surface area contributed by atoms with Gasteiger partial charge in [-0.2, -0.15) is 0 Å². The Hall–Kier alpha value is -3.90. The third-order valence-electron chi connectivity index (χ3n) is 5.92. The van der Waals surface area contributed by atoms with E-state index in [0.29, 0.717) is 34.4 Å². The van der Waals surface area contributed by atoms with E-state index in [0.717, 1.165) is 5.69 Å². The van der Waals surface area contributed by atoms with Crippen molar-refractivity contribution in [1.29, 1.82) is 0 Å². The first-order valence-electron chi connectivity index (χ1n) is 11.4. The second kappa shape index (κ2) is 10.6. The second-order valence-electron chi connectivity index (χ2n) is 8.49. The molecule has 0 aliphatic carbocycles. The van der Waals surface area contributed by atoms with Gasteiger partial charge in [0.1, 0.15) is 34.7 Å². The minimum Gasteiger partial charge on any atom is -0.494 e. The number of nitrogens with zero attached hydrogens (tertiary/aromatic N) is 6. The van der Waals surface area contributed by atoms with Crippen LogP contribution < -0.4 is 9.47 Å². The van der Waals surface area contributed by atoms with Crippen molar-refractivity contribution in [2.45, 2.75) is 37.9 Å². The van der Waals surface area contributed by atoms with E-state index < -0.39 is 26.9 Å². The maximum Gasteiger partial charge on any atom is 0.187 e. The molecule has 0 aliphatic heterocycles. The van der Waals surface area contributed by atoms with Gasteiger partial charge in [-0.3, -0.25) is 14.5 Å². The molecule has 0 saturated heterocycles. The van der Waals surface area contributed by atoms with Crippen LogP contribution in [0.5, 0.6) is 11.5 Å². The minimum absolute atomic E-state index is 0.107. The molecule has 4 aromatic rings. The summed E-state index contributed by atoms with van der Waals surface area (Å²) in [7, 11) is -0.951. The molecule has 3 heterocycles. The number of aromatic nitrogens is 6. The Morgan fingerprint density at radius 2 is 1.62 bits per heavy atom. The van der Waals surface area contributed by atoms with Crippen LogP contribution >= 0.6 is 0 Å². The van der Waals surface area contributed by atoms with E-state index in [4.69, 9.17) is 9.47 Å². The highest BCUT2D eigenvalue weighted by Gasteiger charge is 2.33. The van der Waals surface area contributed by atoms with E-state index >= 15 is 0 Å². The van der Waals surface area contributed by atoms with E-state index in [2.05, 4.69) is 25.1 Å². The maximum absolute atomic E-state index is 13.5. The molecule has 0 amide bonds. The average molecular weight is 525 g/mol. The number of hydrogen-bond acceptors (Lipinski definition) is 10. The van der Waals surface area contributed by atoms with E-state index in [1.54, 1.807) is 35.8 Å². The summed E-state index contributed by atoms with van der Waals surface area (Å²) in [5, 5.41) is 18.1. The van der Waals surface area contributed by atoms with Crippen LogP contribution in [0, 0.1) is 13.8 Å². The zero-order valence-corrected chi connectivity index (χ0v) is 22.0. The van der Waals surface area contributed by atoms with E-state index in [9.17, 15) is 13.5 Å². The molecule has 0 saturated carbocycles. The predicted octanol–water partition coefficient (Wildman–Crippen LogP) is 2.79. The van der Waals surface area contributed by atoms with Crippen molar-refractivity contribution in [2.24, 2.45) is 0 Å². The quantitative estimate of drug-likeness (QED) is 0.347. The summed E-state index contributed by atoms with van der Waals surface area (Å²) < 4.78 is 39.8. The smallest absolute Gasteiger partial charge is 0.187 e. The van der Waals surface area contributed by atoms with Crippen molar-refractivity contribution in [3.05, 3.63) is 71.7 Å². The summed E-state index contributed by atoms with van der Waals surface area (Å²) >= 11 is 0. The van der Waals surface area contributed by atoms with E-state index in [1.807, 2.05) is 19.1 Å². The highest BCUT2D eigenvalue weighted by Crippen LogP contribution is 2.36. The third-order valence-corrected chi connectivity index (χ3v) is 7.97. The molecule has 1 aromatic carbocycles. The van der Waals surface area contributed by atoms with E-state index in [-0.39, 0.29) is 11.5 Å². The van der Waals surface area contributed by atoms with Gasteiger partial charge in [0.15, 0.2) is 21.5 Å². The summed E-state index contributed by atoms with van der Waals surface area (Å²) in [5.41, 5.74) is 2.50. The van der Waals surface area contributed by atoms with Gasteiger partial charge >= 0.3 is 0 Å². The van der Waals surface area contributed by atoms with Gasteiger partial charge in [-0.1, -0.05) is 12.1 Å². The summed E-state index contributed by atoms with van der Waals surface area (Å²) in [6.45, 7) is 5.02. The minimum atomic E-state index is -3.96. The Kier molecular flexibility index (Phi) is 7.50. The number of pyridine rings is 1. The third kappa shape index (κ3) is 5.30. The van der Waals surface area contributed by atoms with Crippen LogP contribution in [0.1, 0.15) is 35.9 Å². The van der Waals surface area contributed by atoms with E-state index in [1.165, 1.54) is 33.5 Å². The number of para-hydroxylation sites is 1. The van der Waals surface area contributed by atoms with Gasteiger partial charge in [0, 0.05) is 11.9 Å². The zero-order valence-electron chi connectivity index (χ0n) is 21.2. The van der Waals surface area contributed by atoms with Gasteiger partial charge in [-0.25, -0.2) is 13.4 Å². The van der Waals surface area contributed by atoms with Crippen molar-refractivity contribution in [3.8, 4) is 28.7 Å². The Morgan fingerprint density at radius 3 is 2.22 bits per heavy atom. The summed E-state index contributed by atoms with van der Waals surface area (Å²) in [6, 6.07) is 10.6. The van der Waals surface area contributed by atoms with Crippen molar-refractivity contribution in [1.82, 2.24) is 29.7 Å². The first kappa shape index (κ1) is 26.2. The van der Waals surface area contributed by atoms with Gasteiger partial charge in [0.25, 0.3) is 0 Å². The summed E-state index contributed by atoms with van der Waals surface area (Å²) in [5.74, 6) is 0.749. The van der Waals surface area contributed by atoms with Crippen LogP contribution in [0.3, 0.4) is 0 Å². The van der Waals surface area contributed by atoms with Gasteiger partial charge < -0.3 is 14.6 Å². The molecule has 2 atom stereocenters. The lowest BCUT2D eigenvalue weighted by molar-refractivity contribution is 0.170. The number of rotatable bonds is 9. The fourth-order valence-electron chi connectivity index (χ4n) is 3.83. The van der Waals surface area contributed by atoms with Crippen LogP contribution in [-0.4, -0.2) is 62.7 Å². The number of benzene rings is 1. The number of aliphatic hydroxyl groups excluding tert-OH is 1. The lowest BCUT2D eigenvalue weighted by Gasteiger charge is -2.20. The summed E-state index contributed by atoms with van der Waals surface area (Å²) in [4.78, 5) is 12.8. The van der Waals surface area contributed by atoms with Crippen molar-refractivity contribution in [2.75, 3.05) is 14.2 Å². The molecule has 12 heteroatoms. The summed E-state index contributed by atoms with van der Waals surface area (Å²) in [6.07, 6.45) is 1.47. The van der Waals surface area contributed by atoms with Crippen LogP contribution in [0.25, 0.3) is 17.2 Å².